The Balaban J connectivity index is 1.60. The Morgan fingerprint density at radius 1 is 1.09 bits per heavy atom. The summed E-state index contributed by atoms with van der Waals surface area (Å²) in [5.41, 5.74) is 0.867. The van der Waals surface area contributed by atoms with Crippen molar-refractivity contribution < 1.29 is 26.4 Å². The highest BCUT2D eigenvalue weighted by Crippen LogP contribution is 2.41. The highest BCUT2D eigenvalue weighted by atomic mass is 79.9. The molecule has 0 aromatic heterocycles. The van der Waals surface area contributed by atoms with Crippen LogP contribution in [0.25, 0.3) is 0 Å². The van der Waals surface area contributed by atoms with Gasteiger partial charge in [0.2, 0.25) is 15.9 Å². The van der Waals surface area contributed by atoms with Gasteiger partial charge >= 0.3 is 6.18 Å². The monoisotopic (exact) mass is 545 g/mol. The third-order valence-corrected chi connectivity index (χ3v) is 8.42. The van der Waals surface area contributed by atoms with Crippen LogP contribution in [0.2, 0.25) is 0 Å². The Kier molecular flexibility index (Phi) is 6.25. The highest BCUT2D eigenvalue weighted by Gasteiger charge is 2.38. The van der Waals surface area contributed by atoms with Crippen LogP contribution in [-0.2, 0) is 27.4 Å². The second-order valence-corrected chi connectivity index (χ2v) is 11.1. The summed E-state index contributed by atoms with van der Waals surface area (Å²) in [6.45, 7) is 4.04. The maximum Gasteiger partial charge on any atom is 0.416 e. The quantitative estimate of drug-likeness (QED) is 0.577. The van der Waals surface area contributed by atoms with E-state index in [1.54, 1.807) is 11.0 Å². The molecule has 1 atom stereocenters. The van der Waals surface area contributed by atoms with Gasteiger partial charge in [-0.2, -0.15) is 17.5 Å². The first-order valence-corrected chi connectivity index (χ1v) is 12.7. The van der Waals surface area contributed by atoms with Crippen molar-refractivity contribution in [3.63, 3.8) is 0 Å². The van der Waals surface area contributed by atoms with E-state index >= 15 is 0 Å². The van der Waals surface area contributed by atoms with E-state index in [1.807, 2.05) is 13.0 Å². The van der Waals surface area contributed by atoms with Crippen LogP contribution in [0.1, 0.15) is 25.0 Å². The van der Waals surface area contributed by atoms with E-state index < -0.39 is 21.8 Å². The number of anilines is 2. The van der Waals surface area contributed by atoms with E-state index in [1.165, 1.54) is 28.3 Å². The molecule has 1 amide bonds. The van der Waals surface area contributed by atoms with Crippen molar-refractivity contribution in [2.24, 2.45) is 0 Å². The number of hydrogen-bond acceptors (Lipinski definition) is 4. The molecule has 0 bridgehead atoms. The fraction of sp³-hybridized carbons (Fsp3) is 0.409. The third kappa shape index (κ3) is 4.50. The molecule has 6 nitrogen and oxygen atoms in total. The molecule has 2 aromatic rings. The van der Waals surface area contributed by atoms with Crippen LogP contribution in [0.4, 0.5) is 24.5 Å². The average Bonchev–Trinajstić information content (AvgIpc) is 3.08. The summed E-state index contributed by atoms with van der Waals surface area (Å²) in [5, 5.41) is 0. The Bertz CT molecular complexity index is 1200. The van der Waals surface area contributed by atoms with Gasteiger partial charge in [-0.05, 0) is 49.2 Å². The van der Waals surface area contributed by atoms with E-state index in [0.29, 0.717) is 22.3 Å². The molecule has 11 heteroatoms. The molecule has 4 rings (SSSR count). The van der Waals surface area contributed by atoms with Gasteiger partial charge in [0.1, 0.15) is 4.90 Å². The molecule has 0 saturated carbocycles. The maximum absolute atomic E-state index is 13.6. The number of piperazine rings is 1. The maximum atomic E-state index is 13.6. The Labute approximate surface area is 199 Å². The highest BCUT2D eigenvalue weighted by molar-refractivity contribution is 9.10. The number of carbonyl (C=O) groups excluding carboxylic acids is 1. The SMILES string of the molecule is CC(=O)N1c2c(cc(Br)cc2S(=O)(=O)N2CCN(c3cccc(C(F)(F)F)c3)CC2)CC1C. The number of benzene rings is 2. The lowest BCUT2D eigenvalue weighted by atomic mass is 10.1. The zero-order chi connectivity index (χ0) is 24.1. The minimum absolute atomic E-state index is 0.0685. The average molecular weight is 546 g/mol. The summed E-state index contributed by atoms with van der Waals surface area (Å²) in [6.07, 6.45) is -3.89. The lowest BCUT2D eigenvalue weighted by molar-refractivity contribution is -0.137. The van der Waals surface area contributed by atoms with Crippen molar-refractivity contribution in [1.29, 1.82) is 0 Å². The summed E-state index contributed by atoms with van der Waals surface area (Å²) in [4.78, 5) is 15.6. The molecular weight excluding hydrogens is 523 g/mol. The molecule has 0 spiro atoms. The van der Waals surface area contributed by atoms with E-state index in [4.69, 9.17) is 0 Å². The molecule has 1 saturated heterocycles. The minimum Gasteiger partial charge on any atom is -0.369 e. The summed E-state index contributed by atoms with van der Waals surface area (Å²) in [5.74, 6) is -0.227. The van der Waals surface area contributed by atoms with Gasteiger partial charge in [0.25, 0.3) is 0 Å². The van der Waals surface area contributed by atoms with E-state index in [-0.39, 0.29) is 43.0 Å². The number of fused-ring (bicyclic) bond motifs is 1. The first kappa shape index (κ1) is 24.0. The zero-order valence-electron chi connectivity index (χ0n) is 18.1. The largest absolute Gasteiger partial charge is 0.416 e. The van der Waals surface area contributed by atoms with Crippen LogP contribution < -0.4 is 9.80 Å². The molecule has 2 aromatic carbocycles. The normalized spacial score (nSPS) is 19.6. The number of rotatable bonds is 3. The van der Waals surface area contributed by atoms with Crippen molar-refractivity contribution >= 4 is 43.2 Å². The van der Waals surface area contributed by atoms with Crippen LogP contribution >= 0.6 is 15.9 Å². The fourth-order valence-electron chi connectivity index (χ4n) is 4.56. The number of amides is 1. The molecule has 0 N–H and O–H groups in total. The first-order valence-electron chi connectivity index (χ1n) is 10.4. The van der Waals surface area contributed by atoms with Crippen LogP contribution in [0.3, 0.4) is 0 Å². The summed E-state index contributed by atoms with van der Waals surface area (Å²) >= 11 is 3.39. The van der Waals surface area contributed by atoms with Crippen molar-refractivity contribution in [1.82, 2.24) is 4.31 Å². The summed E-state index contributed by atoms with van der Waals surface area (Å²) < 4.78 is 68.3. The van der Waals surface area contributed by atoms with Crippen LogP contribution in [0.15, 0.2) is 45.8 Å². The molecule has 0 radical (unpaired) electrons. The van der Waals surface area contributed by atoms with Crippen LogP contribution in [-0.4, -0.2) is 50.9 Å². The summed E-state index contributed by atoms with van der Waals surface area (Å²) in [6, 6.07) is 8.23. The molecule has 0 aliphatic carbocycles. The predicted molar refractivity (Wildman–Crippen MR) is 123 cm³/mol. The second-order valence-electron chi connectivity index (χ2n) is 8.29. The number of sulfonamides is 1. The molecule has 2 aliphatic rings. The lowest BCUT2D eigenvalue weighted by Gasteiger charge is -2.36. The van der Waals surface area contributed by atoms with Crippen molar-refractivity contribution in [2.45, 2.75) is 37.4 Å². The number of hydrogen-bond donors (Lipinski definition) is 0. The number of alkyl halides is 3. The van der Waals surface area contributed by atoms with Gasteiger partial charge in [0, 0.05) is 49.3 Å². The molecule has 2 aliphatic heterocycles. The minimum atomic E-state index is -4.44. The molecule has 2 heterocycles. The van der Waals surface area contributed by atoms with Gasteiger partial charge in [-0.15, -0.1) is 0 Å². The van der Waals surface area contributed by atoms with Crippen LogP contribution in [0, 0.1) is 0 Å². The molecule has 178 valence electrons. The second kappa shape index (κ2) is 8.59. The van der Waals surface area contributed by atoms with Gasteiger partial charge in [-0.3, -0.25) is 4.79 Å². The molecular formula is C22H23BrF3N3O3S. The lowest BCUT2D eigenvalue weighted by Crippen LogP contribution is -2.49. The predicted octanol–water partition coefficient (Wildman–Crippen LogP) is 4.28. The van der Waals surface area contributed by atoms with Crippen molar-refractivity contribution in [3.05, 3.63) is 52.0 Å². The van der Waals surface area contributed by atoms with Crippen molar-refractivity contribution in [3.8, 4) is 0 Å². The van der Waals surface area contributed by atoms with Gasteiger partial charge < -0.3 is 9.80 Å². The Morgan fingerprint density at radius 3 is 2.36 bits per heavy atom. The topological polar surface area (TPSA) is 60.9 Å². The smallest absolute Gasteiger partial charge is 0.369 e. The number of nitrogens with zero attached hydrogens (tertiary/aromatic N) is 3. The van der Waals surface area contributed by atoms with Gasteiger partial charge in [-0.1, -0.05) is 22.0 Å². The Morgan fingerprint density at radius 2 is 1.76 bits per heavy atom. The number of carbonyl (C=O) groups is 1. The van der Waals surface area contributed by atoms with Crippen LogP contribution in [0.5, 0.6) is 0 Å². The fourth-order valence-corrected chi connectivity index (χ4v) is 6.89. The Hall–Kier alpha value is -2.11. The van der Waals surface area contributed by atoms with E-state index in [9.17, 15) is 26.4 Å². The van der Waals surface area contributed by atoms with Gasteiger partial charge in [-0.25, -0.2) is 8.42 Å². The van der Waals surface area contributed by atoms with Gasteiger partial charge in [0.15, 0.2) is 0 Å². The van der Waals surface area contributed by atoms with Crippen molar-refractivity contribution in [2.75, 3.05) is 36.0 Å². The molecule has 1 unspecified atom stereocenters. The zero-order valence-corrected chi connectivity index (χ0v) is 20.5. The third-order valence-electron chi connectivity index (χ3n) is 6.05. The molecule has 33 heavy (non-hydrogen) atoms. The summed E-state index contributed by atoms with van der Waals surface area (Å²) in [7, 11) is -3.93. The standard InChI is InChI=1S/C22H23BrF3N3O3S/c1-14-10-16-11-18(23)13-20(21(16)29(14)15(2)30)33(31,32)28-8-6-27(7-9-28)19-5-3-4-17(12-19)22(24,25)26/h3-5,11-14H,6-10H2,1-2H3. The molecule has 1 fully saturated rings. The number of halogens is 4. The van der Waals surface area contributed by atoms with E-state index in [0.717, 1.165) is 17.7 Å². The first-order chi connectivity index (χ1) is 15.4. The van der Waals surface area contributed by atoms with Gasteiger partial charge in [0.05, 0.1) is 11.3 Å². The van der Waals surface area contributed by atoms with E-state index in [2.05, 4.69) is 15.9 Å².